The molecular formula is C19H20N2O4. The van der Waals surface area contributed by atoms with E-state index in [-0.39, 0.29) is 18.2 Å². The average molecular weight is 340 g/mol. The SMILES string of the molecule is COc1ccc(NC(=O)C2CC(=O)N(C)c3ccccc32)c(OC)c1. The Labute approximate surface area is 146 Å². The van der Waals surface area contributed by atoms with Gasteiger partial charge in [-0.3, -0.25) is 9.59 Å². The van der Waals surface area contributed by atoms with Crippen LogP contribution in [0.25, 0.3) is 0 Å². The molecule has 2 aromatic carbocycles. The van der Waals surface area contributed by atoms with Crippen molar-refractivity contribution in [1.29, 1.82) is 0 Å². The number of hydrogen-bond donors (Lipinski definition) is 1. The van der Waals surface area contributed by atoms with Crippen molar-refractivity contribution in [3.8, 4) is 11.5 Å². The number of nitrogens with one attached hydrogen (secondary N) is 1. The van der Waals surface area contributed by atoms with Gasteiger partial charge in [-0.05, 0) is 23.8 Å². The monoisotopic (exact) mass is 340 g/mol. The minimum atomic E-state index is -0.535. The molecule has 6 nitrogen and oxygen atoms in total. The van der Waals surface area contributed by atoms with Crippen LogP contribution in [0.15, 0.2) is 42.5 Å². The smallest absolute Gasteiger partial charge is 0.232 e. The van der Waals surface area contributed by atoms with Gasteiger partial charge in [0.05, 0.1) is 25.8 Å². The number of methoxy groups -OCH3 is 2. The third-order valence-corrected chi connectivity index (χ3v) is 4.41. The number of rotatable bonds is 4. The predicted molar refractivity (Wildman–Crippen MR) is 95.4 cm³/mol. The zero-order valence-corrected chi connectivity index (χ0v) is 14.4. The van der Waals surface area contributed by atoms with Gasteiger partial charge in [0.15, 0.2) is 0 Å². The van der Waals surface area contributed by atoms with Crippen LogP contribution in [0, 0.1) is 0 Å². The molecule has 0 saturated heterocycles. The number of anilines is 2. The number of hydrogen-bond acceptors (Lipinski definition) is 4. The van der Waals surface area contributed by atoms with Crippen molar-refractivity contribution in [3.05, 3.63) is 48.0 Å². The summed E-state index contributed by atoms with van der Waals surface area (Å²) in [6, 6.07) is 12.6. The molecule has 2 aromatic rings. The number of amides is 2. The van der Waals surface area contributed by atoms with Crippen LogP contribution in [0.1, 0.15) is 17.9 Å². The summed E-state index contributed by atoms with van der Waals surface area (Å²) in [6.07, 6.45) is 0.137. The van der Waals surface area contributed by atoms with Crippen LogP contribution in [-0.2, 0) is 9.59 Å². The molecule has 0 aromatic heterocycles. The van der Waals surface area contributed by atoms with Crippen molar-refractivity contribution in [2.75, 3.05) is 31.5 Å². The van der Waals surface area contributed by atoms with Gasteiger partial charge in [-0.25, -0.2) is 0 Å². The fourth-order valence-electron chi connectivity index (χ4n) is 3.00. The summed E-state index contributed by atoms with van der Waals surface area (Å²) in [5.74, 6) is 0.277. The molecule has 1 aliphatic rings. The van der Waals surface area contributed by atoms with E-state index < -0.39 is 5.92 Å². The Morgan fingerprint density at radius 1 is 1.16 bits per heavy atom. The molecule has 0 aliphatic carbocycles. The Bertz CT molecular complexity index is 819. The molecule has 0 bridgehead atoms. The number of benzene rings is 2. The largest absolute Gasteiger partial charge is 0.497 e. The highest BCUT2D eigenvalue weighted by Gasteiger charge is 2.33. The van der Waals surface area contributed by atoms with Crippen molar-refractivity contribution in [3.63, 3.8) is 0 Å². The lowest BCUT2D eigenvalue weighted by molar-refractivity contribution is -0.124. The van der Waals surface area contributed by atoms with E-state index >= 15 is 0 Å². The summed E-state index contributed by atoms with van der Waals surface area (Å²) in [6.45, 7) is 0. The predicted octanol–water partition coefficient (Wildman–Crippen LogP) is 2.79. The summed E-state index contributed by atoms with van der Waals surface area (Å²) in [5.41, 5.74) is 2.15. The number of carbonyl (C=O) groups is 2. The normalized spacial score (nSPS) is 16.2. The Morgan fingerprint density at radius 3 is 2.64 bits per heavy atom. The van der Waals surface area contributed by atoms with Gasteiger partial charge in [0, 0.05) is 25.2 Å². The highest BCUT2D eigenvalue weighted by Crippen LogP contribution is 2.37. The third kappa shape index (κ3) is 3.15. The fraction of sp³-hybridized carbons (Fsp3) is 0.263. The number of nitrogens with zero attached hydrogens (tertiary/aromatic N) is 1. The van der Waals surface area contributed by atoms with Crippen LogP contribution in [0.2, 0.25) is 0 Å². The van der Waals surface area contributed by atoms with E-state index in [9.17, 15) is 9.59 Å². The molecule has 6 heteroatoms. The quantitative estimate of drug-likeness (QED) is 0.929. The summed E-state index contributed by atoms with van der Waals surface area (Å²) in [4.78, 5) is 26.7. The lowest BCUT2D eigenvalue weighted by atomic mass is 9.89. The van der Waals surface area contributed by atoms with E-state index in [2.05, 4.69) is 5.32 Å². The number of carbonyl (C=O) groups excluding carboxylic acids is 2. The van der Waals surface area contributed by atoms with Crippen molar-refractivity contribution < 1.29 is 19.1 Å². The molecule has 1 heterocycles. The van der Waals surface area contributed by atoms with E-state index in [1.807, 2.05) is 24.3 Å². The number of fused-ring (bicyclic) bond motifs is 1. The maximum atomic E-state index is 12.8. The minimum absolute atomic E-state index is 0.0828. The highest BCUT2D eigenvalue weighted by molar-refractivity contribution is 6.06. The van der Waals surface area contributed by atoms with Gasteiger partial charge < -0.3 is 19.7 Å². The molecular weight excluding hydrogens is 320 g/mol. The van der Waals surface area contributed by atoms with Gasteiger partial charge in [0.2, 0.25) is 11.8 Å². The molecule has 0 saturated carbocycles. The Hall–Kier alpha value is -3.02. The molecule has 3 rings (SSSR count). The van der Waals surface area contributed by atoms with Gasteiger partial charge in [0.1, 0.15) is 11.5 Å². The second-order valence-corrected chi connectivity index (χ2v) is 5.82. The summed E-state index contributed by atoms with van der Waals surface area (Å²) in [7, 11) is 4.81. The first-order valence-electron chi connectivity index (χ1n) is 7.93. The van der Waals surface area contributed by atoms with Crippen LogP contribution >= 0.6 is 0 Å². The number of para-hydroxylation sites is 1. The molecule has 0 fully saturated rings. The summed E-state index contributed by atoms with van der Waals surface area (Å²) < 4.78 is 10.5. The average Bonchev–Trinajstić information content (AvgIpc) is 2.64. The lowest BCUT2D eigenvalue weighted by Crippen LogP contribution is -2.37. The summed E-state index contributed by atoms with van der Waals surface area (Å²) >= 11 is 0. The van der Waals surface area contributed by atoms with Crippen molar-refractivity contribution in [1.82, 2.24) is 0 Å². The van der Waals surface area contributed by atoms with E-state index in [1.54, 1.807) is 37.3 Å². The molecule has 25 heavy (non-hydrogen) atoms. The van der Waals surface area contributed by atoms with Crippen LogP contribution in [0.3, 0.4) is 0 Å². The molecule has 1 atom stereocenters. The molecule has 1 aliphatic heterocycles. The Balaban J connectivity index is 1.89. The molecule has 130 valence electrons. The molecule has 2 amide bonds. The first-order valence-corrected chi connectivity index (χ1v) is 7.93. The summed E-state index contributed by atoms with van der Waals surface area (Å²) in [5, 5.41) is 2.87. The number of ether oxygens (including phenoxy) is 2. The molecule has 1 unspecified atom stereocenters. The third-order valence-electron chi connectivity index (χ3n) is 4.41. The Morgan fingerprint density at radius 2 is 1.92 bits per heavy atom. The van der Waals surface area contributed by atoms with Crippen LogP contribution in [0.5, 0.6) is 11.5 Å². The van der Waals surface area contributed by atoms with Gasteiger partial charge in [-0.1, -0.05) is 18.2 Å². The fourth-order valence-corrected chi connectivity index (χ4v) is 3.00. The topological polar surface area (TPSA) is 67.9 Å². The van der Waals surface area contributed by atoms with E-state index in [1.165, 1.54) is 7.11 Å². The molecule has 1 N–H and O–H groups in total. The maximum Gasteiger partial charge on any atom is 0.232 e. The van der Waals surface area contributed by atoms with Gasteiger partial charge in [0.25, 0.3) is 0 Å². The second-order valence-electron chi connectivity index (χ2n) is 5.82. The highest BCUT2D eigenvalue weighted by atomic mass is 16.5. The van der Waals surface area contributed by atoms with E-state index in [0.29, 0.717) is 17.2 Å². The van der Waals surface area contributed by atoms with Crippen molar-refractivity contribution >= 4 is 23.2 Å². The Kier molecular flexibility index (Phi) is 4.61. The second kappa shape index (κ2) is 6.84. The van der Waals surface area contributed by atoms with Crippen molar-refractivity contribution in [2.45, 2.75) is 12.3 Å². The first-order chi connectivity index (χ1) is 12.0. The van der Waals surface area contributed by atoms with Crippen molar-refractivity contribution in [2.24, 2.45) is 0 Å². The van der Waals surface area contributed by atoms with E-state index in [4.69, 9.17) is 9.47 Å². The van der Waals surface area contributed by atoms with E-state index in [0.717, 1.165) is 11.3 Å². The standard InChI is InChI=1S/C19H20N2O4/c1-21-16-7-5-4-6-13(16)14(11-18(21)22)19(23)20-15-9-8-12(24-2)10-17(15)25-3/h4-10,14H,11H2,1-3H3,(H,20,23). The van der Waals surface area contributed by atoms with Crippen LogP contribution in [0.4, 0.5) is 11.4 Å². The lowest BCUT2D eigenvalue weighted by Gasteiger charge is -2.31. The zero-order chi connectivity index (χ0) is 18.0. The van der Waals surface area contributed by atoms with Gasteiger partial charge in [-0.15, -0.1) is 0 Å². The zero-order valence-electron chi connectivity index (χ0n) is 14.4. The molecule has 0 radical (unpaired) electrons. The van der Waals surface area contributed by atoms with Gasteiger partial charge in [-0.2, -0.15) is 0 Å². The van der Waals surface area contributed by atoms with Gasteiger partial charge >= 0.3 is 0 Å². The van der Waals surface area contributed by atoms with Crippen LogP contribution in [-0.4, -0.2) is 33.1 Å². The minimum Gasteiger partial charge on any atom is -0.497 e. The van der Waals surface area contributed by atoms with Crippen LogP contribution < -0.4 is 19.7 Å². The molecule has 0 spiro atoms. The first kappa shape index (κ1) is 16.8. The maximum absolute atomic E-state index is 12.8.